The average molecular weight is 608 g/mol. The molecule has 2 N–H and O–H groups in total. The Hall–Kier alpha value is -3.93. The third kappa shape index (κ3) is 6.69. The average Bonchev–Trinajstić information content (AvgIpc) is 3.01. The number of hydroxylamine groups is 1. The van der Waals surface area contributed by atoms with Gasteiger partial charge in [0.2, 0.25) is 10.0 Å². The number of amides is 2. The second-order valence-corrected chi connectivity index (χ2v) is 12.7. The highest BCUT2D eigenvalue weighted by Gasteiger charge is 2.49. The number of carbonyl (C=O) groups excluding carboxylic acids is 2. The minimum absolute atomic E-state index is 0.156. The van der Waals surface area contributed by atoms with Crippen LogP contribution in [0.15, 0.2) is 72.8 Å². The SMILES string of the molecule is COc1ccc([C@H]2[C@H](C(=O)NOCc3ccccc3)c3ccccc3C(=O)N2[C@H]2CCCC[C@@H]2NS(C)(=O)=O)c(OC)c1. The number of nitrogens with zero attached hydrogens (tertiary/aromatic N) is 1. The lowest BCUT2D eigenvalue weighted by molar-refractivity contribution is -0.138. The molecule has 2 aliphatic rings. The molecule has 4 atom stereocenters. The van der Waals surface area contributed by atoms with Crippen LogP contribution < -0.4 is 19.7 Å². The topological polar surface area (TPSA) is 123 Å². The van der Waals surface area contributed by atoms with Crippen LogP contribution in [-0.4, -0.2) is 57.7 Å². The molecule has 1 aliphatic carbocycles. The Kier molecular flexibility index (Phi) is 9.34. The van der Waals surface area contributed by atoms with Crippen molar-refractivity contribution in [2.75, 3.05) is 20.5 Å². The van der Waals surface area contributed by atoms with E-state index in [2.05, 4.69) is 10.2 Å². The molecule has 5 rings (SSSR count). The summed E-state index contributed by atoms with van der Waals surface area (Å²) in [7, 11) is -0.506. The predicted octanol–water partition coefficient (Wildman–Crippen LogP) is 4.09. The molecule has 0 radical (unpaired) electrons. The molecule has 1 aliphatic heterocycles. The molecule has 1 fully saturated rings. The minimum atomic E-state index is -3.57. The number of sulfonamides is 1. The van der Waals surface area contributed by atoms with Gasteiger partial charge in [-0.15, -0.1) is 0 Å². The Morgan fingerprint density at radius 3 is 2.37 bits per heavy atom. The number of ether oxygens (including phenoxy) is 2. The molecule has 0 aromatic heterocycles. The van der Waals surface area contributed by atoms with E-state index < -0.39 is 40.0 Å². The van der Waals surface area contributed by atoms with Gasteiger partial charge in [0.05, 0.1) is 39.0 Å². The van der Waals surface area contributed by atoms with E-state index >= 15 is 0 Å². The fourth-order valence-corrected chi connectivity index (χ4v) is 7.10. The number of hydrogen-bond acceptors (Lipinski definition) is 7. The van der Waals surface area contributed by atoms with Crippen LogP contribution in [0, 0.1) is 0 Å². The fourth-order valence-electron chi connectivity index (χ4n) is 6.28. The monoisotopic (exact) mass is 607 g/mol. The van der Waals surface area contributed by atoms with Crippen molar-refractivity contribution >= 4 is 21.8 Å². The van der Waals surface area contributed by atoms with Crippen molar-refractivity contribution in [3.63, 3.8) is 0 Å². The van der Waals surface area contributed by atoms with E-state index in [0.717, 1.165) is 24.7 Å². The van der Waals surface area contributed by atoms with E-state index in [-0.39, 0.29) is 12.5 Å². The highest BCUT2D eigenvalue weighted by molar-refractivity contribution is 7.88. The van der Waals surface area contributed by atoms with Crippen LogP contribution in [0.25, 0.3) is 0 Å². The van der Waals surface area contributed by atoms with Gasteiger partial charge >= 0.3 is 0 Å². The number of carbonyl (C=O) groups is 2. The molecule has 43 heavy (non-hydrogen) atoms. The van der Waals surface area contributed by atoms with Gasteiger partial charge in [0.15, 0.2) is 0 Å². The number of methoxy groups -OCH3 is 2. The Morgan fingerprint density at radius 1 is 0.930 bits per heavy atom. The van der Waals surface area contributed by atoms with E-state index in [1.165, 1.54) is 7.11 Å². The Morgan fingerprint density at radius 2 is 1.65 bits per heavy atom. The molecular formula is C32H37N3O7S. The molecule has 10 nitrogen and oxygen atoms in total. The summed E-state index contributed by atoms with van der Waals surface area (Å²) < 4.78 is 38.8. The zero-order chi connectivity index (χ0) is 30.6. The van der Waals surface area contributed by atoms with Crippen molar-refractivity contribution in [1.82, 2.24) is 15.1 Å². The molecule has 3 aromatic rings. The zero-order valence-electron chi connectivity index (χ0n) is 24.5. The van der Waals surface area contributed by atoms with Gasteiger partial charge in [-0.05, 0) is 42.2 Å². The van der Waals surface area contributed by atoms with Crippen LogP contribution in [0.3, 0.4) is 0 Å². The van der Waals surface area contributed by atoms with Gasteiger partial charge < -0.3 is 14.4 Å². The normalized spacial score (nSPS) is 22.0. The van der Waals surface area contributed by atoms with Crippen LogP contribution >= 0.6 is 0 Å². The van der Waals surface area contributed by atoms with Crippen LogP contribution in [0.4, 0.5) is 0 Å². The first-order valence-electron chi connectivity index (χ1n) is 14.3. The number of hydrogen-bond donors (Lipinski definition) is 2. The standard InChI is InChI=1S/C32H37N3O7S/c1-40-22-17-18-25(28(19-22)41-2)30-29(31(36)33-42-20-21-11-5-4-6-12-21)23-13-7-8-14-24(23)32(37)35(30)27-16-10-9-15-26(27)34-43(3,38)39/h4-8,11-14,17-19,26-27,29-30,34H,9-10,15-16,20H2,1-3H3,(H,33,36)/t26-,27-,29+,30-/m0/s1. The van der Waals surface area contributed by atoms with Crippen molar-refractivity contribution in [2.45, 2.75) is 56.3 Å². The Bertz CT molecular complexity index is 1560. The molecule has 3 aromatic carbocycles. The largest absolute Gasteiger partial charge is 0.497 e. The summed E-state index contributed by atoms with van der Waals surface area (Å²) >= 11 is 0. The van der Waals surface area contributed by atoms with Gasteiger partial charge in [0, 0.05) is 29.3 Å². The van der Waals surface area contributed by atoms with Gasteiger partial charge in [-0.25, -0.2) is 18.6 Å². The zero-order valence-corrected chi connectivity index (χ0v) is 25.3. The minimum Gasteiger partial charge on any atom is -0.497 e. The first-order chi connectivity index (χ1) is 20.7. The van der Waals surface area contributed by atoms with E-state index in [1.54, 1.807) is 54.5 Å². The van der Waals surface area contributed by atoms with Gasteiger partial charge in [-0.3, -0.25) is 14.4 Å². The summed E-state index contributed by atoms with van der Waals surface area (Å²) in [5.74, 6) is -0.621. The first kappa shape index (κ1) is 30.5. The molecule has 1 heterocycles. The van der Waals surface area contributed by atoms with E-state index in [4.69, 9.17) is 14.3 Å². The van der Waals surface area contributed by atoms with Gasteiger partial charge in [0.25, 0.3) is 11.8 Å². The highest BCUT2D eigenvalue weighted by Crippen LogP contribution is 2.48. The molecular weight excluding hydrogens is 570 g/mol. The van der Waals surface area contributed by atoms with Gasteiger partial charge in [-0.1, -0.05) is 61.4 Å². The Labute approximate surface area is 252 Å². The number of rotatable bonds is 10. The van der Waals surface area contributed by atoms with Crippen LogP contribution in [0.1, 0.15) is 64.7 Å². The summed E-state index contributed by atoms with van der Waals surface area (Å²) in [6.07, 6.45) is 3.87. The summed E-state index contributed by atoms with van der Waals surface area (Å²) in [5.41, 5.74) is 5.05. The molecule has 0 unspecified atom stereocenters. The molecule has 0 bridgehead atoms. The lowest BCUT2D eigenvalue weighted by Crippen LogP contribution is -2.59. The second kappa shape index (κ2) is 13.2. The molecule has 1 saturated carbocycles. The smallest absolute Gasteiger partial charge is 0.255 e. The molecule has 0 saturated heterocycles. The number of fused-ring (bicyclic) bond motifs is 1. The first-order valence-corrected chi connectivity index (χ1v) is 16.2. The van der Waals surface area contributed by atoms with Crippen molar-refractivity contribution in [3.8, 4) is 11.5 Å². The van der Waals surface area contributed by atoms with E-state index in [9.17, 15) is 18.0 Å². The molecule has 11 heteroatoms. The predicted molar refractivity (Wildman–Crippen MR) is 161 cm³/mol. The third-order valence-corrected chi connectivity index (χ3v) is 8.86. The second-order valence-electron chi connectivity index (χ2n) is 10.9. The lowest BCUT2D eigenvalue weighted by atomic mass is 9.76. The maximum atomic E-state index is 14.4. The van der Waals surface area contributed by atoms with Crippen molar-refractivity contribution in [3.05, 3.63) is 95.1 Å². The maximum absolute atomic E-state index is 14.4. The van der Waals surface area contributed by atoms with Crippen LogP contribution in [0.2, 0.25) is 0 Å². The maximum Gasteiger partial charge on any atom is 0.255 e. The van der Waals surface area contributed by atoms with Crippen LogP contribution in [-0.2, 0) is 26.3 Å². The Balaban J connectivity index is 1.63. The number of benzene rings is 3. The number of nitrogens with one attached hydrogen (secondary N) is 2. The molecule has 2 amide bonds. The fraction of sp³-hybridized carbons (Fsp3) is 0.375. The summed E-state index contributed by atoms with van der Waals surface area (Å²) in [6.45, 7) is 0.156. The summed E-state index contributed by atoms with van der Waals surface area (Å²) in [5, 5.41) is 0. The van der Waals surface area contributed by atoms with E-state index in [0.29, 0.717) is 41.0 Å². The molecule has 0 spiro atoms. The van der Waals surface area contributed by atoms with Gasteiger partial charge in [-0.2, -0.15) is 0 Å². The van der Waals surface area contributed by atoms with Crippen molar-refractivity contribution < 1.29 is 32.3 Å². The van der Waals surface area contributed by atoms with Crippen molar-refractivity contribution in [2.24, 2.45) is 0 Å². The van der Waals surface area contributed by atoms with Gasteiger partial charge in [0.1, 0.15) is 11.5 Å². The lowest BCUT2D eigenvalue weighted by Gasteiger charge is -2.49. The van der Waals surface area contributed by atoms with Crippen LogP contribution in [0.5, 0.6) is 11.5 Å². The van der Waals surface area contributed by atoms with Crippen molar-refractivity contribution in [1.29, 1.82) is 0 Å². The quantitative estimate of drug-likeness (QED) is 0.333. The molecule has 228 valence electrons. The third-order valence-electron chi connectivity index (χ3n) is 8.12. The summed E-state index contributed by atoms with van der Waals surface area (Å²) in [4.78, 5) is 35.9. The summed E-state index contributed by atoms with van der Waals surface area (Å²) in [6, 6.07) is 19.9. The highest BCUT2D eigenvalue weighted by atomic mass is 32.2. The van der Waals surface area contributed by atoms with E-state index in [1.807, 2.05) is 30.3 Å².